The van der Waals surface area contributed by atoms with E-state index in [2.05, 4.69) is 5.32 Å². The van der Waals surface area contributed by atoms with Crippen molar-refractivity contribution in [3.8, 4) is 0 Å². The van der Waals surface area contributed by atoms with Gasteiger partial charge in [0.25, 0.3) is 0 Å². The molecule has 0 fully saturated rings. The lowest BCUT2D eigenvalue weighted by atomic mass is 9.99. The van der Waals surface area contributed by atoms with E-state index in [-0.39, 0.29) is 12.4 Å². The molecule has 5 heteroatoms. The van der Waals surface area contributed by atoms with Crippen molar-refractivity contribution in [3.63, 3.8) is 0 Å². The molecule has 0 amide bonds. The van der Waals surface area contributed by atoms with E-state index in [0.717, 1.165) is 22.9 Å². The number of nitrogens with one attached hydrogen (secondary N) is 1. The average molecular weight is 397 g/mol. The minimum atomic E-state index is -4.37. The van der Waals surface area contributed by atoms with Crippen LogP contribution in [0.2, 0.25) is 0 Å². The Bertz CT molecular complexity index is 968. The van der Waals surface area contributed by atoms with Gasteiger partial charge in [-0.1, -0.05) is 60.7 Å². The molecule has 0 saturated heterocycles. The molecular formula is C22H23ClF3N. The van der Waals surface area contributed by atoms with Gasteiger partial charge in [-0.3, -0.25) is 0 Å². The topological polar surface area (TPSA) is 12.0 Å². The fourth-order valence-electron chi connectivity index (χ4n) is 3.05. The SMILES string of the molecule is Cl.[2H]C([2H])([2H])C(NCCCc1cccc(C(F)(F)F)c1)c1cccc2ccccc12. The molecule has 1 unspecified atom stereocenters. The van der Waals surface area contributed by atoms with E-state index in [1.54, 1.807) is 12.1 Å². The number of aryl methyl sites for hydroxylation is 1. The lowest BCUT2D eigenvalue weighted by Crippen LogP contribution is -2.20. The molecule has 3 rings (SSSR count). The molecule has 27 heavy (non-hydrogen) atoms. The zero-order valence-corrected chi connectivity index (χ0v) is 15.4. The van der Waals surface area contributed by atoms with E-state index in [4.69, 9.17) is 4.11 Å². The lowest BCUT2D eigenvalue weighted by Gasteiger charge is -2.17. The predicted molar refractivity (Wildman–Crippen MR) is 107 cm³/mol. The number of benzene rings is 3. The van der Waals surface area contributed by atoms with Crippen LogP contribution in [0.15, 0.2) is 66.7 Å². The van der Waals surface area contributed by atoms with Crippen LogP contribution in [0.1, 0.15) is 40.1 Å². The summed E-state index contributed by atoms with van der Waals surface area (Å²) in [6, 6.07) is 17.6. The van der Waals surface area contributed by atoms with Crippen LogP contribution in [-0.4, -0.2) is 6.54 Å². The zero-order chi connectivity index (χ0) is 21.1. The van der Waals surface area contributed by atoms with Crippen molar-refractivity contribution in [3.05, 3.63) is 83.4 Å². The van der Waals surface area contributed by atoms with Gasteiger partial charge < -0.3 is 5.32 Å². The van der Waals surface area contributed by atoms with Crippen molar-refractivity contribution in [2.45, 2.75) is 31.9 Å². The smallest absolute Gasteiger partial charge is 0.310 e. The highest BCUT2D eigenvalue weighted by atomic mass is 35.5. The zero-order valence-electron chi connectivity index (χ0n) is 17.6. The second-order valence-corrected chi connectivity index (χ2v) is 6.26. The van der Waals surface area contributed by atoms with Crippen molar-refractivity contribution in [1.82, 2.24) is 5.32 Å². The Hall–Kier alpha value is -2.04. The number of hydrogen-bond acceptors (Lipinski definition) is 1. The highest BCUT2D eigenvalue weighted by Gasteiger charge is 2.30. The second kappa shape index (κ2) is 9.25. The predicted octanol–water partition coefficient (Wildman–Crippen LogP) is 6.56. The summed E-state index contributed by atoms with van der Waals surface area (Å²) >= 11 is 0. The summed E-state index contributed by atoms with van der Waals surface area (Å²) < 4.78 is 62.3. The van der Waals surface area contributed by atoms with Gasteiger partial charge in [-0.15, -0.1) is 12.4 Å². The van der Waals surface area contributed by atoms with Crippen molar-refractivity contribution in [1.29, 1.82) is 0 Å². The molecule has 1 nitrogen and oxygen atoms in total. The normalized spacial score (nSPS) is 14.7. The Labute approximate surface area is 168 Å². The average Bonchev–Trinajstić information content (AvgIpc) is 2.66. The first-order chi connectivity index (χ1) is 13.7. The maximum Gasteiger partial charge on any atom is 0.416 e. The molecule has 1 atom stereocenters. The highest BCUT2D eigenvalue weighted by Crippen LogP contribution is 2.29. The van der Waals surface area contributed by atoms with E-state index in [1.807, 2.05) is 36.4 Å². The fourth-order valence-corrected chi connectivity index (χ4v) is 3.05. The fraction of sp³-hybridized carbons (Fsp3) is 0.273. The molecule has 3 aromatic rings. The second-order valence-electron chi connectivity index (χ2n) is 6.26. The van der Waals surface area contributed by atoms with Crippen LogP contribution in [0.25, 0.3) is 10.8 Å². The number of fused-ring (bicyclic) bond motifs is 1. The number of rotatable bonds is 6. The Morgan fingerprint density at radius 1 is 1.00 bits per heavy atom. The monoisotopic (exact) mass is 396 g/mol. The van der Waals surface area contributed by atoms with Crippen LogP contribution in [0.5, 0.6) is 0 Å². The molecular weight excluding hydrogens is 371 g/mol. The van der Waals surface area contributed by atoms with Crippen molar-refractivity contribution < 1.29 is 17.3 Å². The van der Waals surface area contributed by atoms with Crippen LogP contribution in [0.3, 0.4) is 0 Å². The summed E-state index contributed by atoms with van der Waals surface area (Å²) in [7, 11) is 0. The largest absolute Gasteiger partial charge is 0.416 e. The Kier molecular flexibility index (Phi) is 5.85. The maximum absolute atomic E-state index is 12.8. The van der Waals surface area contributed by atoms with E-state index in [1.165, 1.54) is 6.07 Å². The van der Waals surface area contributed by atoms with Crippen molar-refractivity contribution in [2.75, 3.05) is 6.54 Å². The molecule has 0 radical (unpaired) electrons. The summed E-state index contributed by atoms with van der Waals surface area (Å²) in [6.45, 7) is -1.87. The third-order valence-corrected chi connectivity index (χ3v) is 4.38. The molecule has 3 aromatic carbocycles. The molecule has 0 aromatic heterocycles. The van der Waals surface area contributed by atoms with Crippen molar-refractivity contribution in [2.24, 2.45) is 0 Å². The van der Waals surface area contributed by atoms with Gasteiger partial charge >= 0.3 is 6.18 Å². The molecule has 144 valence electrons. The number of hydrogen-bond donors (Lipinski definition) is 1. The van der Waals surface area contributed by atoms with Gasteiger partial charge in [-0.2, -0.15) is 13.2 Å². The third-order valence-electron chi connectivity index (χ3n) is 4.38. The van der Waals surface area contributed by atoms with Crippen LogP contribution in [-0.2, 0) is 12.6 Å². The standard InChI is InChI=1S/C22H22F3N.ClH/c1-16(20-13-5-10-18-9-2-3-12-21(18)20)26-14-6-8-17-7-4-11-19(15-17)22(23,24)25;/h2-5,7,9-13,15-16,26H,6,8,14H2,1H3;1H/i1D3;. The minimum Gasteiger partial charge on any atom is -0.310 e. The Morgan fingerprint density at radius 2 is 1.74 bits per heavy atom. The maximum atomic E-state index is 12.8. The first-order valence-corrected chi connectivity index (χ1v) is 8.53. The number of alkyl halides is 3. The first kappa shape index (κ1) is 17.1. The van der Waals surface area contributed by atoms with Gasteiger partial charge in [-0.25, -0.2) is 0 Å². The summed E-state index contributed by atoms with van der Waals surface area (Å²) in [5, 5.41) is 4.94. The van der Waals surface area contributed by atoms with Gasteiger partial charge in [0.15, 0.2) is 0 Å². The molecule has 0 heterocycles. The molecule has 0 saturated carbocycles. The van der Waals surface area contributed by atoms with Crippen LogP contribution in [0, 0.1) is 0 Å². The van der Waals surface area contributed by atoms with Gasteiger partial charge in [0.2, 0.25) is 0 Å². The quantitative estimate of drug-likeness (QED) is 0.465. The summed E-state index contributed by atoms with van der Waals surface area (Å²) in [5.41, 5.74) is 0.610. The molecule has 0 spiro atoms. The van der Waals surface area contributed by atoms with E-state index in [9.17, 15) is 13.2 Å². The highest BCUT2D eigenvalue weighted by molar-refractivity contribution is 5.86. The van der Waals surface area contributed by atoms with Crippen LogP contribution < -0.4 is 5.32 Å². The summed E-state index contributed by atoms with van der Waals surface area (Å²) in [6.07, 6.45) is -3.41. The molecule has 1 N–H and O–H groups in total. The lowest BCUT2D eigenvalue weighted by molar-refractivity contribution is -0.137. The molecule has 0 aliphatic carbocycles. The van der Waals surface area contributed by atoms with Crippen LogP contribution in [0.4, 0.5) is 13.2 Å². The van der Waals surface area contributed by atoms with Gasteiger partial charge in [-0.05, 0) is 54.2 Å². The molecule has 0 aliphatic rings. The molecule has 0 bridgehead atoms. The summed E-state index contributed by atoms with van der Waals surface area (Å²) in [5.74, 6) is 0. The van der Waals surface area contributed by atoms with Crippen molar-refractivity contribution >= 4 is 23.2 Å². The van der Waals surface area contributed by atoms with E-state index >= 15 is 0 Å². The van der Waals surface area contributed by atoms with E-state index in [0.29, 0.717) is 30.5 Å². The Balaban J connectivity index is 0.00000320. The van der Waals surface area contributed by atoms with E-state index < -0.39 is 24.6 Å². The van der Waals surface area contributed by atoms with Gasteiger partial charge in [0.05, 0.1) is 5.56 Å². The van der Waals surface area contributed by atoms with Gasteiger partial charge in [0.1, 0.15) is 0 Å². The summed E-state index contributed by atoms with van der Waals surface area (Å²) in [4.78, 5) is 0. The van der Waals surface area contributed by atoms with Gasteiger partial charge in [0, 0.05) is 10.2 Å². The Morgan fingerprint density at radius 3 is 2.52 bits per heavy atom. The minimum absolute atomic E-state index is 0. The van der Waals surface area contributed by atoms with Crippen LogP contribution >= 0.6 is 12.4 Å². The number of halogens is 4. The molecule has 0 aliphatic heterocycles. The first-order valence-electron chi connectivity index (χ1n) is 10.0. The third kappa shape index (κ3) is 5.47.